The number of ketones is 2. The number of hydrogen-bond donors (Lipinski definition) is 4. The summed E-state index contributed by atoms with van der Waals surface area (Å²) < 4.78 is 0. The molecule has 2 aliphatic rings. The summed E-state index contributed by atoms with van der Waals surface area (Å²) in [5.74, 6) is -0.253. The van der Waals surface area contributed by atoms with Gasteiger partial charge in [0.1, 0.15) is 11.5 Å². The molecule has 1 aromatic carbocycles. The van der Waals surface area contributed by atoms with Crippen molar-refractivity contribution in [1.29, 1.82) is 0 Å². The van der Waals surface area contributed by atoms with E-state index in [9.17, 15) is 30.0 Å². The lowest BCUT2D eigenvalue weighted by atomic mass is 9.71. The van der Waals surface area contributed by atoms with Crippen LogP contribution in [0.15, 0.2) is 20.9 Å². The maximum Gasteiger partial charge on any atom is 0.194 e. The molecule has 0 saturated heterocycles. The van der Waals surface area contributed by atoms with Crippen LogP contribution in [0.3, 0.4) is 0 Å². The van der Waals surface area contributed by atoms with Gasteiger partial charge in [0.25, 0.3) is 0 Å². The SMILES string of the molecule is CCCCSc1c(O)c2c(c(O)c1SCCCC)C(=O)C1=C(C[C@@H](O)[C@@](C)(O)C1)C2=O. The molecular weight excluding hydrogens is 436 g/mol. The highest BCUT2D eigenvalue weighted by Gasteiger charge is 2.47. The molecule has 6 nitrogen and oxygen atoms in total. The van der Waals surface area contributed by atoms with Gasteiger partial charge in [-0.15, -0.1) is 23.5 Å². The Kier molecular flexibility index (Phi) is 7.46. The first-order valence-corrected chi connectivity index (χ1v) is 12.7. The molecule has 0 radical (unpaired) electrons. The fraction of sp³-hybridized carbons (Fsp3) is 0.565. The van der Waals surface area contributed by atoms with Crippen LogP contribution in [0.2, 0.25) is 0 Å². The van der Waals surface area contributed by atoms with Crippen LogP contribution >= 0.6 is 23.5 Å². The Bertz CT molecular complexity index is 935. The molecule has 31 heavy (non-hydrogen) atoms. The van der Waals surface area contributed by atoms with E-state index in [1.807, 2.05) is 0 Å². The zero-order valence-electron chi connectivity index (χ0n) is 18.2. The third kappa shape index (κ3) is 4.40. The quantitative estimate of drug-likeness (QED) is 0.252. The van der Waals surface area contributed by atoms with E-state index in [0.29, 0.717) is 21.3 Å². The topological polar surface area (TPSA) is 115 Å². The van der Waals surface area contributed by atoms with Crippen molar-refractivity contribution >= 4 is 35.1 Å². The summed E-state index contributed by atoms with van der Waals surface area (Å²) in [5, 5.41) is 42.9. The summed E-state index contributed by atoms with van der Waals surface area (Å²) in [6, 6.07) is 0. The molecule has 2 aliphatic carbocycles. The average molecular weight is 467 g/mol. The van der Waals surface area contributed by atoms with Crippen LogP contribution < -0.4 is 0 Å². The molecule has 0 amide bonds. The molecule has 0 heterocycles. The summed E-state index contributed by atoms with van der Waals surface area (Å²) in [7, 11) is 0. The van der Waals surface area contributed by atoms with Crippen molar-refractivity contribution in [3.05, 3.63) is 22.3 Å². The second-order valence-corrected chi connectivity index (χ2v) is 10.6. The van der Waals surface area contributed by atoms with E-state index in [1.54, 1.807) is 0 Å². The van der Waals surface area contributed by atoms with Gasteiger partial charge in [0.2, 0.25) is 0 Å². The summed E-state index contributed by atoms with van der Waals surface area (Å²) in [6.45, 7) is 5.54. The van der Waals surface area contributed by atoms with Crippen LogP contribution in [0.1, 0.15) is 80.0 Å². The zero-order chi connectivity index (χ0) is 22.9. The molecule has 4 N–H and O–H groups in total. The molecule has 0 unspecified atom stereocenters. The number of thioether (sulfide) groups is 2. The number of carbonyl (C=O) groups is 2. The number of aromatic hydroxyl groups is 2. The van der Waals surface area contributed by atoms with Gasteiger partial charge in [-0.2, -0.15) is 0 Å². The Labute approximate surface area is 191 Å². The number of phenols is 2. The second-order valence-electron chi connectivity index (χ2n) is 8.38. The Morgan fingerprint density at radius 3 is 1.81 bits per heavy atom. The van der Waals surface area contributed by atoms with Gasteiger partial charge in [-0.1, -0.05) is 26.7 Å². The molecule has 0 saturated carbocycles. The van der Waals surface area contributed by atoms with Gasteiger partial charge in [0.15, 0.2) is 11.6 Å². The number of benzene rings is 1. The van der Waals surface area contributed by atoms with Crippen molar-refractivity contribution in [3.63, 3.8) is 0 Å². The van der Waals surface area contributed by atoms with E-state index in [0.717, 1.165) is 25.7 Å². The third-order valence-corrected chi connectivity index (χ3v) is 8.35. The van der Waals surface area contributed by atoms with Crippen molar-refractivity contribution in [2.24, 2.45) is 0 Å². The fourth-order valence-electron chi connectivity index (χ4n) is 3.89. The van der Waals surface area contributed by atoms with E-state index in [4.69, 9.17) is 0 Å². The van der Waals surface area contributed by atoms with Crippen molar-refractivity contribution < 1.29 is 30.0 Å². The number of hydrogen-bond acceptors (Lipinski definition) is 8. The minimum atomic E-state index is -1.54. The number of unbranched alkanes of at least 4 members (excludes halogenated alkanes) is 2. The molecule has 8 heteroatoms. The number of rotatable bonds is 8. The van der Waals surface area contributed by atoms with Gasteiger partial charge >= 0.3 is 0 Å². The number of aliphatic hydroxyl groups is 2. The molecule has 170 valence electrons. The van der Waals surface area contributed by atoms with Gasteiger partial charge in [-0.05, 0) is 31.3 Å². The van der Waals surface area contributed by atoms with Crippen LogP contribution in [0.5, 0.6) is 11.5 Å². The Morgan fingerprint density at radius 2 is 1.35 bits per heavy atom. The Hall–Kier alpha value is -1.48. The highest BCUT2D eigenvalue weighted by atomic mass is 32.2. The summed E-state index contributed by atoms with van der Waals surface area (Å²) in [6.07, 6.45) is 2.20. The van der Waals surface area contributed by atoms with E-state index in [-0.39, 0.29) is 46.6 Å². The molecule has 2 atom stereocenters. The largest absolute Gasteiger partial charge is 0.506 e. The number of aliphatic hydroxyl groups excluding tert-OH is 1. The standard InChI is InChI=1S/C23H30O6S2/c1-4-6-8-30-21-19(27)15-16(20(28)22(21)31-9-7-5-2)18(26)13-11-23(3,29)14(24)10-12(13)17(15)25/h14,24,27-29H,4-11H2,1-3H3/t14-,23+/m1/s1. The predicted octanol–water partition coefficient (Wildman–Crippen LogP) is 4.46. The minimum absolute atomic E-state index is 0.110. The maximum absolute atomic E-state index is 13.3. The smallest absolute Gasteiger partial charge is 0.194 e. The van der Waals surface area contributed by atoms with Crippen molar-refractivity contribution in [3.8, 4) is 11.5 Å². The lowest BCUT2D eigenvalue weighted by Gasteiger charge is -2.37. The van der Waals surface area contributed by atoms with Crippen molar-refractivity contribution in [1.82, 2.24) is 0 Å². The summed E-state index contributed by atoms with van der Waals surface area (Å²) in [4.78, 5) is 27.5. The monoisotopic (exact) mass is 466 g/mol. The number of Topliss-reactive ketones (excluding diaryl/α,β-unsaturated/α-hetero) is 2. The average Bonchev–Trinajstić information content (AvgIpc) is 2.71. The van der Waals surface area contributed by atoms with Crippen LogP contribution in [0.4, 0.5) is 0 Å². The highest BCUT2D eigenvalue weighted by molar-refractivity contribution is 8.02. The van der Waals surface area contributed by atoms with E-state index in [1.165, 1.54) is 30.4 Å². The van der Waals surface area contributed by atoms with Gasteiger partial charge in [-0.25, -0.2) is 0 Å². The van der Waals surface area contributed by atoms with Crippen LogP contribution in [-0.2, 0) is 0 Å². The first kappa shape index (κ1) is 24.2. The molecular formula is C23H30O6S2. The molecule has 0 bridgehead atoms. The molecule has 0 spiro atoms. The number of fused-ring (bicyclic) bond motifs is 1. The van der Waals surface area contributed by atoms with Crippen LogP contribution in [-0.4, -0.2) is 55.2 Å². The molecule has 0 aliphatic heterocycles. The molecule has 0 fully saturated rings. The Morgan fingerprint density at radius 1 is 0.903 bits per heavy atom. The minimum Gasteiger partial charge on any atom is -0.506 e. The molecule has 3 rings (SSSR count). The second kappa shape index (κ2) is 9.57. The molecule has 1 aromatic rings. The van der Waals surface area contributed by atoms with Gasteiger partial charge in [-0.3, -0.25) is 9.59 Å². The number of carbonyl (C=O) groups excluding carboxylic acids is 2. The first-order chi connectivity index (χ1) is 14.7. The first-order valence-electron chi connectivity index (χ1n) is 10.7. The van der Waals surface area contributed by atoms with Crippen molar-refractivity contribution in [2.45, 2.75) is 80.8 Å². The number of phenolic OH excluding ortho intramolecular Hbond substituents is 2. The predicted molar refractivity (Wildman–Crippen MR) is 123 cm³/mol. The lowest BCUT2D eigenvalue weighted by Crippen LogP contribution is -2.46. The van der Waals surface area contributed by atoms with Crippen LogP contribution in [0, 0.1) is 0 Å². The van der Waals surface area contributed by atoms with Gasteiger partial charge in [0.05, 0.1) is 32.6 Å². The maximum atomic E-state index is 13.3. The summed E-state index contributed by atoms with van der Waals surface area (Å²) >= 11 is 2.75. The van der Waals surface area contributed by atoms with Gasteiger partial charge in [0, 0.05) is 24.0 Å². The lowest BCUT2D eigenvalue weighted by molar-refractivity contribution is -0.0651. The van der Waals surface area contributed by atoms with E-state index in [2.05, 4.69) is 13.8 Å². The third-order valence-electron chi connectivity index (χ3n) is 5.87. The molecule has 0 aromatic heterocycles. The normalized spacial score (nSPS) is 23.2. The van der Waals surface area contributed by atoms with E-state index >= 15 is 0 Å². The Balaban J connectivity index is 2.16. The van der Waals surface area contributed by atoms with Gasteiger partial charge < -0.3 is 20.4 Å². The fourth-order valence-corrected chi connectivity index (χ4v) is 6.45. The van der Waals surface area contributed by atoms with Crippen molar-refractivity contribution in [2.75, 3.05) is 11.5 Å². The van der Waals surface area contributed by atoms with Crippen LogP contribution in [0.25, 0.3) is 0 Å². The highest BCUT2D eigenvalue weighted by Crippen LogP contribution is 2.52. The van der Waals surface area contributed by atoms with E-state index < -0.39 is 23.3 Å². The zero-order valence-corrected chi connectivity index (χ0v) is 19.8. The summed E-state index contributed by atoms with van der Waals surface area (Å²) in [5.41, 5.74) is -1.69.